The molecule has 8 heteroatoms. The smallest absolute Gasteiger partial charge is 0.321 e. The number of rotatable bonds is 3. The van der Waals surface area contributed by atoms with E-state index in [1.165, 1.54) is 6.42 Å². The first-order valence-corrected chi connectivity index (χ1v) is 7.47. The summed E-state index contributed by atoms with van der Waals surface area (Å²) in [5.41, 5.74) is 2.60. The molecule has 0 saturated heterocycles. The number of aromatic nitrogens is 1. The zero-order chi connectivity index (χ0) is 14.5. The van der Waals surface area contributed by atoms with E-state index in [0.717, 1.165) is 37.0 Å². The van der Waals surface area contributed by atoms with Crippen molar-refractivity contribution in [1.82, 2.24) is 15.7 Å². The van der Waals surface area contributed by atoms with Crippen molar-refractivity contribution in [2.75, 3.05) is 5.32 Å². The van der Waals surface area contributed by atoms with Gasteiger partial charge in [0.1, 0.15) is 4.88 Å². The standard InChI is InChI=1S/C12H19N5O2S/c1-7-9(10(18)17-13)20-12(14-7)16-11(19)15-8-5-3-2-4-6-8/h8H,2-6,13H2,1H3,(H,17,18)(H2,14,15,16,19). The van der Waals surface area contributed by atoms with Gasteiger partial charge in [-0.15, -0.1) is 0 Å². The molecule has 0 spiro atoms. The Labute approximate surface area is 121 Å². The Morgan fingerprint density at radius 1 is 1.30 bits per heavy atom. The van der Waals surface area contributed by atoms with Crippen LogP contribution in [-0.4, -0.2) is 23.0 Å². The van der Waals surface area contributed by atoms with Crippen molar-refractivity contribution in [3.8, 4) is 0 Å². The predicted molar refractivity (Wildman–Crippen MR) is 77.5 cm³/mol. The number of carbonyl (C=O) groups excluding carboxylic acids is 2. The van der Waals surface area contributed by atoms with Gasteiger partial charge in [0, 0.05) is 6.04 Å². The Kier molecular flexibility index (Phi) is 4.91. The van der Waals surface area contributed by atoms with Gasteiger partial charge in [-0.25, -0.2) is 15.6 Å². The van der Waals surface area contributed by atoms with Gasteiger partial charge in [-0.2, -0.15) is 0 Å². The minimum atomic E-state index is -0.402. The number of urea groups is 1. The lowest BCUT2D eigenvalue weighted by atomic mass is 9.96. The largest absolute Gasteiger partial charge is 0.335 e. The monoisotopic (exact) mass is 297 g/mol. The molecule has 1 saturated carbocycles. The number of hydrogen-bond donors (Lipinski definition) is 4. The molecular weight excluding hydrogens is 278 g/mol. The van der Waals surface area contributed by atoms with Crippen LogP contribution in [0.4, 0.5) is 9.93 Å². The second kappa shape index (κ2) is 6.67. The average molecular weight is 297 g/mol. The lowest BCUT2D eigenvalue weighted by molar-refractivity contribution is 0.0957. The summed E-state index contributed by atoms with van der Waals surface area (Å²) in [4.78, 5) is 27.9. The second-order valence-corrected chi connectivity index (χ2v) is 5.84. The first-order chi connectivity index (χ1) is 9.60. The quantitative estimate of drug-likeness (QED) is 0.385. The van der Waals surface area contributed by atoms with Gasteiger partial charge >= 0.3 is 6.03 Å². The number of nitrogen functional groups attached to an aromatic ring is 1. The van der Waals surface area contributed by atoms with E-state index in [1.54, 1.807) is 6.92 Å². The molecule has 1 fully saturated rings. The minimum Gasteiger partial charge on any atom is -0.335 e. The van der Waals surface area contributed by atoms with Crippen molar-refractivity contribution < 1.29 is 9.59 Å². The molecule has 0 bridgehead atoms. The molecule has 110 valence electrons. The fourth-order valence-electron chi connectivity index (χ4n) is 2.29. The van der Waals surface area contributed by atoms with E-state index in [4.69, 9.17) is 5.84 Å². The molecule has 20 heavy (non-hydrogen) atoms. The summed E-state index contributed by atoms with van der Waals surface area (Å²) in [5, 5.41) is 5.99. The molecule has 0 aliphatic heterocycles. The molecule has 0 atom stereocenters. The van der Waals surface area contributed by atoms with Crippen molar-refractivity contribution in [3.63, 3.8) is 0 Å². The fourth-order valence-corrected chi connectivity index (χ4v) is 3.16. The Bertz CT molecular complexity index is 496. The van der Waals surface area contributed by atoms with Gasteiger partial charge in [-0.3, -0.25) is 15.5 Å². The van der Waals surface area contributed by atoms with Gasteiger partial charge in [0.25, 0.3) is 5.91 Å². The highest BCUT2D eigenvalue weighted by atomic mass is 32.1. The van der Waals surface area contributed by atoms with Crippen LogP contribution in [0.3, 0.4) is 0 Å². The van der Waals surface area contributed by atoms with Crippen LogP contribution >= 0.6 is 11.3 Å². The summed E-state index contributed by atoms with van der Waals surface area (Å²) in [6, 6.07) is -0.0398. The topological polar surface area (TPSA) is 109 Å². The number of hydrazine groups is 1. The first kappa shape index (κ1) is 14.7. The molecule has 1 aliphatic carbocycles. The molecule has 1 aromatic rings. The van der Waals surface area contributed by atoms with E-state index in [1.807, 2.05) is 0 Å². The number of aryl methyl sites for hydroxylation is 1. The normalized spacial score (nSPS) is 15.7. The van der Waals surface area contributed by atoms with E-state index >= 15 is 0 Å². The SMILES string of the molecule is Cc1nc(NC(=O)NC2CCCCC2)sc1C(=O)NN. The number of nitrogens with one attached hydrogen (secondary N) is 3. The Morgan fingerprint density at radius 2 is 2.00 bits per heavy atom. The Balaban J connectivity index is 1.92. The molecule has 0 aromatic carbocycles. The van der Waals surface area contributed by atoms with E-state index in [2.05, 4.69) is 21.0 Å². The van der Waals surface area contributed by atoms with Gasteiger partial charge in [-0.1, -0.05) is 30.6 Å². The average Bonchev–Trinajstić information content (AvgIpc) is 2.79. The zero-order valence-electron chi connectivity index (χ0n) is 11.4. The number of hydrogen-bond acceptors (Lipinski definition) is 5. The van der Waals surface area contributed by atoms with Crippen molar-refractivity contribution in [2.24, 2.45) is 5.84 Å². The van der Waals surface area contributed by atoms with Crippen LogP contribution in [-0.2, 0) is 0 Å². The van der Waals surface area contributed by atoms with Gasteiger partial charge in [0.2, 0.25) is 0 Å². The van der Waals surface area contributed by atoms with Crippen LogP contribution in [0.15, 0.2) is 0 Å². The van der Waals surface area contributed by atoms with E-state index in [9.17, 15) is 9.59 Å². The van der Waals surface area contributed by atoms with E-state index in [-0.39, 0.29) is 12.1 Å². The van der Waals surface area contributed by atoms with Gasteiger partial charge in [-0.05, 0) is 19.8 Å². The highest BCUT2D eigenvalue weighted by Crippen LogP contribution is 2.22. The summed E-state index contributed by atoms with van der Waals surface area (Å²) >= 11 is 1.11. The molecule has 1 aromatic heterocycles. The molecule has 0 radical (unpaired) electrons. The second-order valence-electron chi connectivity index (χ2n) is 4.84. The molecule has 7 nitrogen and oxygen atoms in total. The third kappa shape index (κ3) is 3.67. The highest BCUT2D eigenvalue weighted by molar-refractivity contribution is 7.17. The van der Waals surface area contributed by atoms with E-state index in [0.29, 0.717) is 15.7 Å². The van der Waals surface area contributed by atoms with Crippen molar-refractivity contribution in [3.05, 3.63) is 10.6 Å². The number of carbonyl (C=O) groups is 2. The fraction of sp³-hybridized carbons (Fsp3) is 0.583. The zero-order valence-corrected chi connectivity index (χ0v) is 12.2. The molecule has 1 aliphatic rings. The number of nitrogens with zero attached hydrogens (tertiary/aromatic N) is 1. The number of thiazole rings is 1. The third-order valence-corrected chi connectivity index (χ3v) is 4.37. The third-order valence-electron chi connectivity index (χ3n) is 3.29. The number of amides is 3. The summed E-state index contributed by atoms with van der Waals surface area (Å²) in [6.07, 6.45) is 5.59. The summed E-state index contributed by atoms with van der Waals surface area (Å²) in [5.74, 6) is 4.68. The predicted octanol–water partition coefficient (Wildman–Crippen LogP) is 1.51. The Morgan fingerprint density at radius 3 is 2.65 bits per heavy atom. The first-order valence-electron chi connectivity index (χ1n) is 6.66. The summed E-state index contributed by atoms with van der Waals surface area (Å²) in [7, 11) is 0. The molecule has 1 heterocycles. The molecule has 5 N–H and O–H groups in total. The van der Waals surface area contributed by atoms with Crippen molar-refractivity contribution >= 4 is 28.4 Å². The molecule has 3 amide bonds. The highest BCUT2D eigenvalue weighted by Gasteiger charge is 2.18. The van der Waals surface area contributed by atoms with Gasteiger partial charge < -0.3 is 5.32 Å². The van der Waals surface area contributed by atoms with Crippen molar-refractivity contribution in [2.45, 2.75) is 45.1 Å². The van der Waals surface area contributed by atoms with Crippen LogP contribution in [0.1, 0.15) is 47.5 Å². The molecule has 0 unspecified atom stereocenters. The van der Waals surface area contributed by atoms with Crippen molar-refractivity contribution in [1.29, 1.82) is 0 Å². The lowest BCUT2D eigenvalue weighted by Gasteiger charge is -2.22. The molecule has 2 rings (SSSR count). The molecular formula is C12H19N5O2S. The van der Waals surface area contributed by atoms with E-state index < -0.39 is 5.91 Å². The number of nitrogens with two attached hydrogens (primary N) is 1. The van der Waals surface area contributed by atoms with Crippen LogP contribution in [0.2, 0.25) is 0 Å². The minimum absolute atomic E-state index is 0.233. The maximum atomic E-state index is 11.9. The maximum Gasteiger partial charge on any atom is 0.321 e. The van der Waals surface area contributed by atoms with Crippen LogP contribution in [0.25, 0.3) is 0 Å². The Hall–Kier alpha value is -1.67. The van der Waals surface area contributed by atoms with Crippen LogP contribution in [0, 0.1) is 6.92 Å². The van der Waals surface area contributed by atoms with Gasteiger partial charge in [0.05, 0.1) is 5.69 Å². The summed E-state index contributed by atoms with van der Waals surface area (Å²) < 4.78 is 0. The van der Waals surface area contributed by atoms with Gasteiger partial charge in [0.15, 0.2) is 5.13 Å². The summed E-state index contributed by atoms with van der Waals surface area (Å²) in [6.45, 7) is 1.70. The van der Waals surface area contributed by atoms with Crippen LogP contribution in [0.5, 0.6) is 0 Å². The van der Waals surface area contributed by atoms with Crippen LogP contribution < -0.4 is 21.9 Å². The lowest BCUT2D eigenvalue weighted by Crippen LogP contribution is -2.38. The maximum absolute atomic E-state index is 11.9. The number of anilines is 1.